The van der Waals surface area contributed by atoms with Gasteiger partial charge >= 0.3 is 12.1 Å². The third-order valence-corrected chi connectivity index (χ3v) is 7.88. The molecule has 0 atom stereocenters. The zero-order chi connectivity index (χ0) is 25.5. The second-order valence-electron chi connectivity index (χ2n) is 8.18. The molecular formula is C24H21F3N2O5S. The molecule has 0 radical (unpaired) electrons. The maximum Gasteiger partial charge on any atom is 0.416 e. The topological polar surface area (TPSA) is 105 Å². The van der Waals surface area contributed by atoms with Crippen LogP contribution in [0.1, 0.15) is 38.4 Å². The van der Waals surface area contributed by atoms with Gasteiger partial charge in [-0.05, 0) is 42.3 Å². The number of nitrogens with one attached hydrogen (secondary N) is 1. The number of alkyl halides is 3. The highest BCUT2D eigenvalue weighted by Crippen LogP contribution is 2.36. The number of hydrogen-bond acceptors (Lipinski definition) is 4. The monoisotopic (exact) mass is 506 g/mol. The van der Waals surface area contributed by atoms with Crippen LogP contribution in [0.5, 0.6) is 0 Å². The van der Waals surface area contributed by atoms with Crippen LogP contribution in [0, 0.1) is 6.92 Å². The van der Waals surface area contributed by atoms with Crippen molar-refractivity contribution in [3.05, 3.63) is 82.2 Å². The van der Waals surface area contributed by atoms with Crippen molar-refractivity contribution < 1.29 is 36.3 Å². The first-order valence-corrected chi connectivity index (χ1v) is 12.1. The first kappa shape index (κ1) is 24.5. The zero-order valence-electron chi connectivity index (χ0n) is 18.5. The SMILES string of the molecule is Cc1c(Cc2ccc(C(F)(F)F)cc2S(=O)(=O)c2ccccc2)c2c(n1CC(=O)O)CCNC2=O. The molecule has 0 bridgehead atoms. The Hall–Kier alpha value is -3.60. The molecule has 11 heteroatoms. The van der Waals surface area contributed by atoms with Crippen LogP contribution in [-0.4, -0.2) is 36.5 Å². The van der Waals surface area contributed by atoms with Gasteiger partial charge in [-0.3, -0.25) is 9.59 Å². The number of aromatic nitrogens is 1. The second-order valence-corrected chi connectivity index (χ2v) is 10.1. The van der Waals surface area contributed by atoms with Crippen molar-refractivity contribution in [3.63, 3.8) is 0 Å². The van der Waals surface area contributed by atoms with Crippen molar-refractivity contribution in [1.82, 2.24) is 9.88 Å². The maximum absolute atomic E-state index is 13.5. The standard InChI is InChI=1S/C24H21F3N2O5S/c1-14-18(22-19(9-10-28-23(22)32)29(14)13-21(30)31)11-15-7-8-16(24(25,26)27)12-20(15)35(33,34)17-5-3-2-4-6-17/h2-8,12H,9-11,13H2,1H3,(H,28,32)(H,30,31). The van der Waals surface area contributed by atoms with Gasteiger partial charge in [0.05, 0.1) is 20.9 Å². The van der Waals surface area contributed by atoms with Crippen molar-refractivity contribution in [1.29, 1.82) is 0 Å². The van der Waals surface area contributed by atoms with Crippen LogP contribution in [0.2, 0.25) is 0 Å². The molecule has 0 unspecified atom stereocenters. The Balaban J connectivity index is 1.92. The summed E-state index contributed by atoms with van der Waals surface area (Å²) >= 11 is 0. The molecule has 184 valence electrons. The first-order valence-electron chi connectivity index (χ1n) is 10.6. The molecule has 0 saturated carbocycles. The fourth-order valence-electron chi connectivity index (χ4n) is 4.38. The summed E-state index contributed by atoms with van der Waals surface area (Å²) in [6.07, 6.45) is -4.57. The zero-order valence-corrected chi connectivity index (χ0v) is 19.3. The van der Waals surface area contributed by atoms with Gasteiger partial charge in [-0.15, -0.1) is 0 Å². The van der Waals surface area contributed by atoms with E-state index in [4.69, 9.17) is 0 Å². The maximum atomic E-state index is 13.5. The summed E-state index contributed by atoms with van der Waals surface area (Å²) in [5.74, 6) is -1.56. The number of benzene rings is 2. The number of hydrogen-bond donors (Lipinski definition) is 2. The Kier molecular flexibility index (Phi) is 6.22. The minimum atomic E-state index is -4.76. The summed E-state index contributed by atoms with van der Waals surface area (Å²) < 4.78 is 68.7. The van der Waals surface area contributed by atoms with Gasteiger partial charge in [-0.2, -0.15) is 13.2 Å². The van der Waals surface area contributed by atoms with E-state index < -0.39 is 44.9 Å². The van der Waals surface area contributed by atoms with Gasteiger partial charge in [0, 0.05) is 30.8 Å². The van der Waals surface area contributed by atoms with Crippen molar-refractivity contribution in [2.24, 2.45) is 0 Å². The largest absolute Gasteiger partial charge is 0.480 e. The molecular weight excluding hydrogens is 485 g/mol. The molecule has 35 heavy (non-hydrogen) atoms. The van der Waals surface area contributed by atoms with E-state index in [9.17, 15) is 36.3 Å². The third kappa shape index (κ3) is 4.55. The lowest BCUT2D eigenvalue weighted by Gasteiger charge is -2.17. The minimum absolute atomic E-state index is 0.0681. The molecule has 3 aromatic rings. The van der Waals surface area contributed by atoms with Crippen LogP contribution in [0.3, 0.4) is 0 Å². The average molecular weight is 507 g/mol. The molecule has 1 aromatic heterocycles. The fourth-order valence-corrected chi connectivity index (χ4v) is 5.91. The Morgan fingerprint density at radius 3 is 2.46 bits per heavy atom. The Morgan fingerprint density at radius 2 is 1.83 bits per heavy atom. The third-order valence-electron chi connectivity index (χ3n) is 6.03. The number of carboxylic acids is 1. The van der Waals surface area contributed by atoms with Gasteiger partial charge in [0.15, 0.2) is 0 Å². The molecule has 7 nitrogen and oxygen atoms in total. The summed E-state index contributed by atoms with van der Waals surface area (Å²) in [5.41, 5.74) is 0.510. The van der Waals surface area contributed by atoms with Crippen LogP contribution in [0.15, 0.2) is 58.3 Å². The highest BCUT2D eigenvalue weighted by atomic mass is 32.2. The summed E-state index contributed by atoms with van der Waals surface area (Å²) in [6, 6.07) is 9.62. The van der Waals surface area contributed by atoms with Crippen LogP contribution in [0.25, 0.3) is 0 Å². The molecule has 1 aliphatic heterocycles. The number of rotatable bonds is 6. The van der Waals surface area contributed by atoms with Gasteiger partial charge < -0.3 is 15.0 Å². The predicted octanol–water partition coefficient (Wildman–Crippen LogP) is 3.61. The number of aliphatic carboxylic acids is 1. The molecule has 0 aliphatic carbocycles. The van der Waals surface area contributed by atoms with E-state index >= 15 is 0 Å². The average Bonchev–Trinajstić information content (AvgIpc) is 3.05. The highest BCUT2D eigenvalue weighted by Gasteiger charge is 2.34. The van der Waals surface area contributed by atoms with Crippen molar-refractivity contribution >= 4 is 21.7 Å². The number of halogens is 3. The van der Waals surface area contributed by atoms with E-state index in [1.807, 2.05) is 0 Å². The number of carbonyl (C=O) groups is 2. The van der Waals surface area contributed by atoms with Crippen molar-refractivity contribution in [2.45, 2.75) is 42.3 Å². The van der Waals surface area contributed by atoms with Crippen LogP contribution >= 0.6 is 0 Å². The molecule has 2 N–H and O–H groups in total. The molecule has 0 saturated heterocycles. The number of amides is 1. The van der Waals surface area contributed by atoms with Crippen molar-refractivity contribution in [2.75, 3.05) is 6.54 Å². The van der Waals surface area contributed by atoms with Gasteiger partial charge in [-0.1, -0.05) is 24.3 Å². The van der Waals surface area contributed by atoms with E-state index in [0.717, 1.165) is 12.1 Å². The lowest BCUT2D eigenvalue weighted by molar-refractivity contribution is -0.138. The van der Waals surface area contributed by atoms with E-state index in [-0.39, 0.29) is 22.4 Å². The molecule has 2 heterocycles. The molecule has 0 fully saturated rings. The molecule has 0 spiro atoms. The van der Waals surface area contributed by atoms with E-state index in [1.165, 1.54) is 28.8 Å². The first-order chi connectivity index (χ1) is 16.4. The number of nitrogens with zero attached hydrogens (tertiary/aromatic N) is 1. The molecule has 2 aromatic carbocycles. The summed E-state index contributed by atoms with van der Waals surface area (Å²) in [6.45, 7) is 1.52. The lowest BCUT2D eigenvalue weighted by Crippen LogP contribution is -2.33. The number of sulfone groups is 1. The minimum Gasteiger partial charge on any atom is -0.480 e. The molecule has 1 aliphatic rings. The number of carbonyl (C=O) groups excluding carboxylic acids is 1. The van der Waals surface area contributed by atoms with Gasteiger partial charge in [0.25, 0.3) is 5.91 Å². The second kappa shape index (κ2) is 8.88. The normalized spacial score (nSPS) is 13.9. The van der Waals surface area contributed by atoms with Gasteiger partial charge in [0.1, 0.15) is 6.54 Å². The summed E-state index contributed by atoms with van der Waals surface area (Å²) in [7, 11) is -4.33. The Labute approximate surface area is 199 Å². The fraction of sp³-hybridized carbons (Fsp3) is 0.250. The van der Waals surface area contributed by atoms with Crippen LogP contribution in [0.4, 0.5) is 13.2 Å². The number of carboxylic acid groups (broad SMARTS) is 1. The van der Waals surface area contributed by atoms with Crippen LogP contribution in [-0.2, 0) is 40.2 Å². The van der Waals surface area contributed by atoms with E-state index in [1.54, 1.807) is 13.0 Å². The predicted molar refractivity (Wildman–Crippen MR) is 119 cm³/mol. The number of fused-ring (bicyclic) bond motifs is 1. The Bertz CT molecular complexity index is 1430. The van der Waals surface area contributed by atoms with Gasteiger partial charge in [-0.25, -0.2) is 8.42 Å². The summed E-state index contributed by atoms with van der Waals surface area (Å²) in [5, 5.41) is 12.0. The van der Waals surface area contributed by atoms with Crippen LogP contribution < -0.4 is 5.32 Å². The summed E-state index contributed by atoms with van der Waals surface area (Å²) in [4.78, 5) is 23.4. The van der Waals surface area contributed by atoms with E-state index in [2.05, 4.69) is 5.32 Å². The van der Waals surface area contributed by atoms with Crippen molar-refractivity contribution in [3.8, 4) is 0 Å². The molecule has 4 rings (SSSR count). The van der Waals surface area contributed by atoms with Gasteiger partial charge in [0.2, 0.25) is 9.84 Å². The lowest BCUT2D eigenvalue weighted by atomic mass is 9.97. The molecule has 1 amide bonds. The van der Waals surface area contributed by atoms with E-state index in [0.29, 0.717) is 36.0 Å². The smallest absolute Gasteiger partial charge is 0.416 e. The quantitative estimate of drug-likeness (QED) is 0.532. The Morgan fingerprint density at radius 1 is 1.14 bits per heavy atom. The highest BCUT2D eigenvalue weighted by molar-refractivity contribution is 7.91.